The van der Waals surface area contributed by atoms with Crippen molar-refractivity contribution >= 4 is 16.6 Å². The first-order chi connectivity index (χ1) is 14.3. The standard InChI is InChI=1S/C23H29N5O2/c1-23(2,30)15-28-6-4-16(5-7-28)22(29)10-20-8-17-9-21(19-13-26-27(3)14-19)25-12-18(17)11-24-20/h8-9,11-14,16,30H,4-7,10,15H2,1-3H3. The van der Waals surface area contributed by atoms with E-state index >= 15 is 0 Å². The molecule has 0 unspecified atom stereocenters. The van der Waals surface area contributed by atoms with Gasteiger partial charge < -0.3 is 10.0 Å². The maximum absolute atomic E-state index is 12.9. The number of piperidine rings is 1. The predicted molar refractivity (Wildman–Crippen MR) is 116 cm³/mol. The number of Topliss-reactive ketones (excluding diaryl/α,β-unsaturated/α-hetero) is 1. The van der Waals surface area contributed by atoms with Crippen LogP contribution in [-0.4, -0.2) is 60.8 Å². The molecule has 7 heteroatoms. The minimum absolute atomic E-state index is 0.0731. The number of aryl methyl sites for hydroxylation is 1. The molecular formula is C23H29N5O2. The number of aromatic nitrogens is 4. The normalized spacial score (nSPS) is 16.3. The van der Waals surface area contributed by atoms with Crippen LogP contribution in [-0.2, 0) is 18.3 Å². The van der Waals surface area contributed by atoms with Crippen LogP contribution in [0.4, 0.5) is 0 Å². The van der Waals surface area contributed by atoms with E-state index in [2.05, 4.69) is 20.0 Å². The summed E-state index contributed by atoms with van der Waals surface area (Å²) in [5, 5.41) is 16.2. The fraction of sp³-hybridized carbons (Fsp3) is 0.478. The first-order valence-electron chi connectivity index (χ1n) is 10.5. The molecule has 3 aromatic heterocycles. The van der Waals surface area contributed by atoms with Crippen molar-refractivity contribution in [3.63, 3.8) is 0 Å². The second-order valence-electron chi connectivity index (χ2n) is 9.00. The number of β-amino-alcohol motifs (C(OH)–C–C–N with tert-alkyl or cyclic N) is 1. The van der Waals surface area contributed by atoms with Gasteiger partial charge in [-0.1, -0.05) is 0 Å². The number of hydrogen-bond donors (Lipinski definition) is 1. The largest absolute Gasteiger partial charge is 0.389 e. The highest BCUT2D eigenvalue weighted by Gasteiger charge is 2.27. The molecule has 1 N–H and O–H groups in total. The van der Waals surface area contributed by atoms with Gasteiger partial charge in [-0.05, 0) is 57.3 Å². The van der Waals surface area contributed by atoms with Gasteiger partial charge >= 0.3 is 0 Å². The van der Waals surface area contributed by atoms with Crippen molar-refractivity contribution in [2.75, 3.05) is 19.6 Å². The van der Waals surface area contributed by atoms with Gasteiger partial charge in [0, 0.05) is 61.2 Å². The molecule has 30 heavy (non-hydrogen) atoms. The van der Waals surface area contributed by atoms with Crippen LogP contribution in [0, 0.1) is 5.92 Å². The Labute approximate surface area is 176 Å². The van der Waals surface area contributed by atoms with Crippen molar-refractivity contribution in [3.05, 3.63) is 42.6 Å². The summed E-state index contributed by atoms with van der Waals surface area (Å²) in [4.78, 5) is 24.1. The molecule has 0 aliphatic carbocycles. The summed E-state index contributed by atoms with van der Waals surface area (Å²) in [5.74, 6) is 0.329. The summed E-state index contributed by atoms with van der Waals surface area (Å²) in [6.07, 6.45) is 9.39. The van der Waals surface area contributed by atoms with Gasteiger partial charge in [-0.25, -0.2) is 0 Å². The quantitative estimate of drug-likeness (QED) is 0.676. The van der Waals surface area contributed by atoms with Crippen molar-refractivity contribution in [2.24, 2.45) is 13.0 Å². The molecule has 0 atom stereocenters. The van der Waals surface area contributed by atoms with Crippen LogP contribution in [0.25, 0.3) is 22.0 Å². The molecule has 0 bridgehead atoms. The Morgan fingerprint density at radius 3 is 2.53 bits per heavy atom. The molecule has 7 nitrogen and oxygen atoms in total. The molecule has 158 valence electrons. The van der Waals surface area contributed by atoms with Gasteiger partial charge in [-0.2, -0.15) is 5.10 Å². The topological polar surface area (TPSA) is 84.1 Å². The maximum Gasteiger partial charge on any atom is 0.142 e. The van der Waals surface area contributed by atoms with E-state index in [0.29, 0.717) is 13.0 Å². The highest BCUT2D eigenvalue weighted by molar-refractivity contribution is 5.87. The third-order valence-electron chi connectivity index (χ3n) is 5.67. The molecule has 1 saturated heterocycles. The summed E-state index contributed by atoms with van der Waals surface area (Å²) < 4.78 is 1.75. The van der Waals surface area contributed by atoms with E-state index in [1.54, 1.807) is 17.1 Å². The van der Waals surface area contributed by atoms with E-state index in [4.69, 9.17) is 0 Å². The van der Waals surface area contributed by atoms with Gasteiger partial charge in [0.1, 0.15) is 5.78 Å². The van der Waals surface area contributed by atoms with Gasteiger partial charge in [0.15, 0.2) is 0 Å². The molecule has 3 aromatic rings. The maximum atomic E-state index is 12.9. The molecule has 4 heterocycles. The van der Waals surface area contributed by atoms with Crippen molar-refractivity contribution < 1.29 is 9.90 Å². The first kappa shape index (κ1) is 20.6. The van der Waals surface area contributed by atoms with Crippen molar-refractivity contribution in [1.29, 1.82) is 0 Å². The lowest BCUT2D eigenvalue weighted by Gasteiger charge is -2.34. The zero-order valence-corrected chi connectivity index (χ0v) is 17.9. The lowest BCUT2D eigenvalue weighted by molar-refractivity contribution is -0.123. The van der Waals surface area contributed by atoms with Gasteiger partial charge in [0.25, 0.3) is 0 Å². The third kappa shape index (κ3) is 4.91. The summed E-state index contributed by atoms with van der Waals surface area (Å²) in [6, 6.07) is 4.02. The number of aliphatic hydroxyl groups is 1. The summed E-state index contributed by atoms with van der Waals surface area (Å²) in [6.45, 7) is 6.00. The number of ketones is 1. The molecule has 4 rings (SSSR count). The zero-order chi connectivity index (χ0) is 21.3. The number of carbonyl (C=O) groups is 1. The van der Waals surface area contributed by atoms with Crippen molar-refractivity contribution in [1.82, 2.24) is 24.6 Å². The first-order valence-corrected chi connectivity index (χ1v) is 10.5. The highest BCUT2D eigenvalue weighted by Crippen LogP contribution is 2.24. The Balaban J connectivity index is 1.43. The Morgan fingerprint density at radius 1 is 1.13 bits per heavy atom. The number of rotatable bonds is 6. The molecule has 0 amide bonds. The van der Waals surface area contributed by atoms with E-state index in [0.717, 1.165) is 53.7 Å². The van der Waals surface area contributed by atoms with E-state index in [1.807, 2.05) is 45.4 Å². The number of hydrogen-bond acceptors (Lipinski definition) is 6. The summed E-state index contributed by atoms with van der Waals surface area (Å²) in [7, 11) is 1.88. The average Bonchev–Trinajstić information content (AvgIpc) is 3.13. The van der Waals surface area contributed by atoms with Gasteiger partial charge in [0.2, 0.25) is 0 Å². The van der Waals surface area contributed by atoms with Gasteiger partial charge in [-0.3, -0.25) is 19.4 Å². The van der Waals surface area contributed by atoms with E-state index in [1.165, 1.54) is 0 Å². The van der Waals surface area contributed by atoms with Crippen LogP contribution in [0.2, 0.25) is 0 Å². The third-order valence-corrected chi connectivity index (χ3v) is 5.67. The molecule has 0 spiro atoms. The SMILES string of the molecule is Cn1cc(-c2cc3cc(CC(=O)C4CCN(CC(C)(C)O)CC4)ncc3cn2)cn1. The number of carbonyl (C=O) groups excluding carboxylic acids is 1. The minimum atomic E-state index is -0.699. The molecular weight excluding hydrogens is 378 g/mol. The summed E-state index contributed by atoms with van der Waals surface area (Å²) >= 11 is 0. The lowest BCUT2D eigenvalue weighted by Crippen LogP contribution is -2.44. The van der Waals surface area contributed by atoms with Crippen molar-refractivity contribution in [2.45, 2.75) is 38.7 Å². The second-order valence-corrected chi connectivity index (χ2v) is 9.00. The summed E-state index contributed by atoms with van der Waals surface area (Å²) in [5.41, 5.74) is 1.93. The van der Waals surface area contributed by atoms with E-state index < -0.39 is 5.60 Å². The molecule has 1 aliphatic heterocycles. The Kier molecular flexibility index (Phi) is 5.66. The Bertz CT molecular complexity index is 1050. The van der Waals surface area contributed by atoms with Crippen LogP contribution in [0.1, 0.15) is 32.4 Å². The number of likely N-dealkylation sites (tertiary alicyclic amines) is 1. The number of nitrogens with zero attached hydrogens (tertiary/aromatic N) is 5. The molecule has 0 radical (unpaired) electrons. The van der Waals surface area contributed by atoms with E-state index in [9.17, 15) is 9.90 Å². The van der Waals surface area contributed by atoms with Gasteiger partial charge in [0.05, 0.1) is 17.5 Å². The molecule has 1 aliphatic rings. The monoisotopic (exact) mass is 407 g/mol. The fourth-order valence-corrected chi connectivity index (χ4v) is 4.17. The zero-order valence-electron chi connectivity index (χ0n) is 17.9. The second kappa shape index (κ2) is 8.24. The Hall–Kier alpha value is -2.64. The molecule has 1 fully saturated rings. The van der Waals surface area contributed by atoms with Crippen LogP contribution in [0.15, 0.2) is 36.9 Å². The molecule has 0 aromatic carbocycles. The van der Waals surface area contributed by atoms with Crippen LogP contribution < -0.4 is 0 Å². The van der Waals surface area contributed by atoms with E-state index in [-0.39, 0.29) is 11.7 Å². The van der Waals surface area contributed by atoms with Crippen LogP contribution in [0.5, 0.6) is 0 Å². The average molecular weight is 408 g/mol. The predicted octanol–water partition coefficient (Wildman–Crippen LogP) is 2.62. The van der Waals surface area contributed by atoms with Crippen LogP contribution >= 0.6 is 0 Å². The Morgan fingerprint density at radius 2 is 1.87 bits per heavy atom. The fourth-order valence-electron chi connectivity index (χ4n) is 4.17. The lowest BCUT2D eigenvalue weighted by atomic mass is 9.89. The van der Waals surface area contributed by atoms with Crippen molar-refractivity contribution in [3.8, 4) is 11.3 Å². The smallest absolute Gasteiger partial charge is 0.142 e. The van der Waals surface area contributed by atoms with Gasteiger partial charge in [-0.15, -0.1) is 0 Å². The minimum Gasteiger partial charge on any atom is -0.389 e. The number of fused-ring (bicyclic) bond motifs is 1. The highest BCUT2D eigenvalue weighted by atomic mass is 16.3. The van der Waals surface area contributed by atoms with Crippen LogP contribution in [0.3, 0.4) is 0 Å². The molecule has 0 saturated carbocycles. The number of pyridine rings is 2.